The summed E-state index contributed by atoms with van der Waals surface area (Å²) in [6.45, 7) is 2.82. The van der Waals surface area contributed by atoms with Gasteiger partial charge in [0.15, 0.2) is 0 Å². The lowest BCUT2D eigenvalue weighted by Crippen LogP contribution is -2.20. The van der Waals surface area contributed by atoms with Crippen molar-refractivity contribution in [1.82, 2.24) is 9.55 Å². The lowest BCUT2D eigenvalue weighted by molar-refractivity contribution is 0.578. The molecule has 1 fully saturated rings. The minimum Gasteiger partial charge on any atom is -0.298 e. The van der Waals surface area contributed by atoms with Gasteiger partial charge in [0, 0.05) is 6.54 Å². The Morgan fingerprint density at radius 1 is 1.56 bits per heavy atom. The smallest absolute Gasteiger partial charge is 0.271 e. The standard InChI is InChI=1S/C12H14N2OS/c1-8-6-16-11-10(8)13-7-14(12(11)15)5-4-9-2-3-9/h6-7,9H,2-5H2,1H3. The van der Waals surface area contributed by atoms with Crippen molar-refractivity contribution in [2.24, 2.45) is 5.92 Å². The van der Waals surface area contributed by atoms with E-state index in [1.807, 2.05) is 12.3 Å². The van der Waals surface area contributed by atoms with Crippen LogP contribution in [0.4, 0.5) is 0 Å². The second-order valence-electron chi connectivity index (χ2n) is 4.57. The highest BCUT2D eigenvalue weighted by atomic mass is 32.1. The maximum absolute atomic E-state index is 12.1. The third kappa shape index (κ3) is 1.67. The van der Waals surface area contributed by atoms with Gasteiger partial charge in [-0.2, -0.15) is 0 Å². The van der Waals surface area contributed by atoms with Crippen LogP contribution >= 0.6 is 11.3 Å². The topological polar surface area (TPSA) is 34.9 Å². The highest BCUT2D eigenvalue weighted by Gasteiger charge is 2.21. The van der Waals surface area contributed by atoms with Crippen molar-refractivity contribution in [2.75, 3.05) is 0 Å². The average Bonchev–Trinajstić information content (AvgIpc) is 3.02. The number of rotatable bonds is 3. The maximum Gasteiger partial charge on any atom is 0.271 e. The third-order valence-corrected chi connectivity index (χ3v) is 4.27. The molecule has 4 heteroatoms. The molecule has 2 aromatic heterocycles. The Hall–Kier alpha value is -1.16. The fourth-order valence-electron chi connectivity index (χ4n) is 1.95. The van der Waals surface area contributed by atoms with Crippen LogP contribution in [-0.2, 0) is 6.54 Å². The first-order valence-corrected chi connectivity index (χ1v) is 6.57. The molecule has 3 rings (SSSR count). The second-order valence-corrected chi connectivity index (χ2v) is 5.45. The zero-order chi connectivity index (χ0) is 11.1. The van der Waals surface area contributed by atoms with Crippen LogP contribution in [0.1, 0.15) is 24.8 Å². The molecular weight excluding hydrogens is 220 g/mol. The number of aryl methyl sites for hydroxylation is 2. The van der Waals surface area contributed by atoms with Crippen LogP contribution < -0.4 is 5.56 Å². The molecule has 1 aliphatic carbocycles. The van der Waals surface area contributed by atoms with E-state index in [4.69, 9.17) is 0 Å². The summed E-state index contributed by atoms with van der Waals surface area (Å²) in [5.41, 5.74) is 2.10. The molecule has 84 valence electrons. The van der Waals surface area contributed by atoms with Gasteiger partial charge in [0.25, 0.3) is 5.56 Å². The van der Waals surface area contributed by atoms with E-state index < -0.39 is 0 Å². The molecule has 2 aromatic rings. The minimum atomic E-state index is 0.128. The average molecular weight is 234 g/mol. The van der Waals surface area contributed by atoms with Gasteiger partial charge in [-0.15, -0.1) is 11.3 Å². The molecule has 0 saturated heterocycles. The van der Waals surface area contributed by atoms with Gasteiger partial charge >= 0.3 is 0 Å². The zero-order valence-corrected chi connectivity index (χ0v) is 10.1. The number of hydrogen-bond donors (Lipinski definition) is 0. The van der Waals surface area contributed by atoms with E-state index in [1.165, 1.54) is 24.2 Å². The Bertz CT molecular complexity index is 580. The van der Waals surface area contributed by atoms with E-state index >= 15 is 0 Å². The largest absolute Gasteiger partial charge is 0.298 e. The maximum atomic E-state index is 12.1. The van der Waals surface area contributed by atoms with Crippen LogP contribution in [0.5, 0.6) is 0 Å². The Morgan fingerprint density at radius 2 is 2.38 bits per heavy atom. The first kappa shape index (κ1) is 10.0. The van der Waals surface area contributed by atoms with E-state index in [9.17, 15) is 4.79 Å². The molecule has 16 heavy (non-hydrogen) atoms. The van der Waals surface area contributed by atoms with Crippen LogP contribution in [0.2, 0.25) is 0 Å². The third-order valence-electron chi connectivity index (χ3n) is 3.20. The number of hydrogen-bond acceptors (Lipinski definition) is 3. The summed E-state index contributed by atoms with van der Waals surface area (Å²) in [6, 6.07) is 0. The van der Waals surface area contributed by atoms with Gasteiger partial charge in [0.1, 0.15) is 4.70 Å². The molecule has 1 saturated carbocycles. The van der Waals surface area contributed by atoms with Gasteiger partial charge in [-0.1, -0.05) is 12.8 Å². The lowest BCUT2D eigenvalue weighted by atomic mass is 10.3. The van der Waals surface area contributed by atoms with Gasteiger partial charge in [-0.25, -0.2) is 4.98 Å². The van der Waals surface area contributed by atoms with Gasteiger partial charge < -0.3 is 0 Å². The predicted octanol–water partition coefficient (Wildman–Crippen LogP) is 2.57. The quantitative estimate of drug-likeness (QED) is 0.818. The molecule has 1 aliphatic rings. The number of fused-ring (bicyclic) bond motifs is 1. The number of nitrogens with zero attached hydrogens (tertiary/aromatic N) is 2. The summed E-state index contributed by atoms with van der Waals surface area (Å²) in [4.78, 5) is 16.5. The molecule has 0 aromatic carbocycles. The predicted molar refractivity (Wildman–Crippen MR) is 66.0 cm³/mol. The molecule has 0 spiro atoms. The number of aromatic nitrogens is 2. The summed E-state index contributed by atoms with van der Waals surface area (Å²) in [5.74, 6) is 0.854. The fourth-order valence-corrected chi connectivity index (χ4v) is 2.90. The van der Waals surface area contributed by atoms with Crippen molar-refractivity contribution < 1.29 is 0 Å². The molecule has 0 unspecified atom stereocenters. The first-order chi connectivity index (χ1) is 7.75. The van der Waals surface area contributed by atoms with Crippen LogP contribution in [0, 0.1) is 12.8 Å². The van der Waals surface area contributed by atoms with E-state index in [0.29, 0.717) is 0 Å². The van der Waals surface area contributed by atoms with Crippen molar-refractivity contribution in [2.45, 2.75) is 32.7 Å². The monoisotopic (exact) mass is 234 g/mol. The Labute approximate surface area is 97.7 Å². The minimum absolute atomic E-state index is 0.128. The van der Waals surface area contributed by atoms with E-state index in [2.05, 4.69) is 4.98 Å². The Morgan fingerprint density at radius 3 is 3.12 bits per heavy atom. The van der Waals surface area contributed by atoms with Crippen LogP contribution in [0.15, 0.2) is 16.5 Å². The van der Waals surface area contributed by atoms with Crippen LogP contribution in [-0.4, -0.2) is 9.55 Å². The zero-order valence-electron chi connectivity index (χ0n) is 9.27. The molecule has 0 N–H and O–H groups in total. The van der Waals surface area contributed by atoms with Crippen LogP contribution in [0.3, 0.4) is 0 Å². The van der Waals surface area contributed by atoms with Crippen molar-refractivity contribution in [3.63, 3.8) is 0 Å². The molecule has 0 atom stereocenters. The van der Waals surface area contributed by atoms with E-state index in [1.54, 1.807) is 10.9 Å². The fraction of sp³-hybridized carbons (Fsp3) is 0.500. The highest BCUT2D eigenvalue weighted by molar-refractivity contribution is 7.17. The molecule has 2 heterocycles. The molecule has 0 radical (unpaired) electrons. The summed E-state index contributed by atoms with van der Waals surface area (Å²) in [6.07, 6.45) is 5.50. The van der Waals surface area contributed by atoms with E-state index in [0.717, 1.165) is 34.7 Å². The van der Waals surface area contributed by atoms with Gasteiger partial charge in [0.2, 0.25) is 0 Å². The SMILES string of the molecule is Cc1csc2c(=O)n(CCC3CC3)cnc12. The Balaban J connectivity index is 1.98. The summed E-state index contributed by atoms with van der Waals surface area (Å²) in [5, 5.41) is 2.00. The van der Waals surface area contributed by atoms with Gasteiger partial charge in [-0.05, 0) is 30.2 Å². The van der Waals surface area contributed by atoms with E-state index in [-0.39, 0.29) is 5.56 Å². The van der Waals surface area contributed by atoms with Crippen molar-refractivity contribution >= 4 is 21.6 Å². The molecule has 0 bridgehead atoms. The summed E-state index contributed by atoms with van der Waals surface area (Å²) >= 11 is 1.51. The molecule has 0 amide bonds. The molecular formula is C12H14N2OS. The Kier molecular flexibility index (Phi) is 2.32. The van der Waals surface area contributed by atoms with Crippen molar-refractivity contribution in [3.8, 4) is 0 Å². The second kappa shape index (κ2) is 3.70. The highest BCUT2D eigenvalue weighted by Crippen LogP contribution is 2.32. The molecule has 3 nitrogen and oxygen atoms in total. The molecule has 0 aliphatic heterocycles. The number of thiophene rings is 1. The van der Waals surface area contributed by atoms with Crippen molar-refractivity contribution in [3.05, 3.63) is 27.6 Å². The normalized spacial score (nSPS) is 15.8. The van der Waals surface area contributed by atoms with Gasteiger partial charge in [0.05, 0.1) is 11.8 Å². The first-order valence-electron chi connectivity index (χ1n) is 5.69. The summed E-state index contributed by atoms with van der Waals surface area (Å²) < 4.78 is 2.56. The lowest BCUT2D eigenvalue weighted by Gasteiger charge is -2.03. The van der Waals surface area contributed by atoms with Crippen molar-refractivity contribution in [1.29, 1.82) is 0 Å². The van der Waals surface area contributed by atoms with Crippen LogP contribution in [0.25, 0.3) is 10.2 Å². The van der Waals surface area contributed by atoms with Gasteiger partial charge in [-0.3, -0.25) is 9.36 Å². The summed E-state index contributed by atoms with van der Waals surface area (Å²) in [7, 11) is 0.